The predicted octanol–water partition coefficient (Wildman–Crippen LogP) is 15.9. The van der Waals surface area contributed by atoms with Gasteiger partial charge in [-0.25, -0.2) is 9.97 Å². The van der Waals surface area contributed by atoms with Crippen LogP contribution in [0, 0.1) is 0 Å². The Morgan fingerprint density at radius 2 is 0.847 bits per heavy atom. The van der Waals surface area contributed by atoms with Gasteiger partial charge in [0.1, 0.15) is 0 Å². The van der Waals surface area contributed by atoms with Crippen LogP contribution in [0.15, 0.2) is 194 Å². The van der Waals surface area contributed by atoms with Crippen LogP contribution >= 0.6 is 11.3 Å². The highest BCUT2D eigenvalue weighted by Crippen LogP contribution is 2.45. The molecule has 0 saturated carbocycles. The highest BCUT2D eigenvalue weighted by Gasteiger charge is 2.18. The minimum Gasteiger partial charge on any atom is -0.228 e. The maximum Gasteiger partial charge on any atom is 0.160 e. The van der Waals surface area contributed by atoms with E-state index in [0.29, 0.717) is 5.82 Å². The van der Waals surface area contributed by atoms with Crippen LogP contribution in [0.4, 0.5) is 0 Å². The average Bonchev–Trinajstić information content (AvgIpc) is 3.69. The van der Waals surface area contributed by atoms with E-state index in [-0.39, 0.29) is 0 Å². The third-order valence-corrected chi connectivity index (χ3v) is 13.6. The molecule has 0 spiro atoms. The van der Waals surface area contributed by atoms with Gasteiger partial charge in [0.15, 0.2) is 5.82 Å². The summed E-state index contributed by atoms with van der Waals surface area (Å²) in [6, 6.07) is 71.0. The van der Waals surface area contributed by atoms with Gasteiger partial charge in [-0.15, -0.1) is 11.3 Å². The van der Waals surface area contributed by atoms with Gasteiger partial charge in [-0.3, -0.25) is 0 Å². The monoisotopic (exact) mass is 764 g/mol. The summed E-state index contributed by atoms with van der Waals surface area (Å²) in [5.41, 5.74) is 7.31. The molecule has 0 radical (unpaired) electrons. The zero-order valence-corrected chi connectivity index (χ0v) is 32.6. The second kappa shape index (κ2) is 12.5. The van der Waals surface area contributed by atoms with Crippen LogP contribution in [0.25, 0.3) is 130 Å². The number of thiophene rings is 1. The van der Waals surface area contributed by atoms with Crippen LogP contribution in [0.5, 0.6) is 0 Å². The van der Waals surface area contributed by atoms with E-state index in [0.717, 1.165) is 33.6 Å². The molecule has 272 valence electrons. The van der Waals surface area contributed by atoms with Crippen LogP contribution in [0.3, 0.4) is 0 Å². The maximum atomic E-state index is 5.27. The van der Waals surface area contributed by atoms with Crippen molar-refractivity contribution in [3.8, 4) is 45.0 Å². The fourth-order valence-electron chi connectivity index (χ4n) is 9.71. The third kappa shape index (κ3) is 4.92. The SMILES string of the molecule is c1ccc(-c2nc(-c3cccc(-c4cc5ccc6cccc7c8cccc9ccc%10cccc(c(c4)c5c67)c%10c98)c3)cc(-c3cccc4c3sc3ccccc34)n2)cc1. The zero-order valence-electron chi connectivity index (χ0n) is 31.8. The highest BCUT2D eigenvalue weighted by molar-refractivity contribution is 7.26. The molecule has 0 aliphatic heterocycles. The van der Waals surface area contributed by atoms with Gasteiger partial charge in [-0.05, 0) is 106 Å². The van der Waals surface area contributed by atoms with Crippen LogP contribution in [-0.4, -0.2) is 9.97 Å². The molecule has 0 aliphatic rings. The van der Waals surface area contributed by atoms with E-state index in [4.69, 9.17) is 9.97 Å². The molecule has 59 heavy (non-hydrogen) atoms. The Morgan fingerprint density at radius 1 is 0.305 bits per heavy atom. The first-order chi connectivity index (χ1) is 29.2. The number of rotatable bonds is 4. The Bertz CT molecular complexity index is 3840. The molecule has 0 bridgehead atoms. The molecule has 0 fully saturated rings. The summed E-state index contributed by atoms with van der Waals surface area (Å²) in [7, 11) is 0. The second-order valence-corrected chi connectivity index (χ2v) is 16.7. The number of benzene rings is 10. The van der Waals surface area contributed by atoms with Gasteiger partial charge in [0, 0.05) is 36.9 Å². The topological polar surface area (TPSA) is 25.8 Å². The largest absolute Gasteiger partial charge is 0.228 e. The Hall–Kier alpha value is -7.46. The lowest BCUT2D eigenvalue weighted by molar-refractivity contribution is 1.19. The molecular formula is C56H32N2S. The van der Waals surface area contributed by atoms with Gasteiger partial charge in [0.05, 0.1) is 11.4 Å². The Kier molecular flexibility index (Phi) is 6.92. The van der Waals surface area contributed by atoms with Crippen molar-refractivity contribution in [3.63, 3.8) is 0 Å². The lowest BCUT2D eigenvalue weighted by Crippen LogP contribution is -1.96. The average molecular weight is 765 g/mol. The van der Waals surface area contributed by atoms with Gasteiger partial charge in [0.25, 0.3) is 0 Å². The standard InChI is InChI=1S/C56H32N2S/c1-2-11-36(12-3-1)56-57-48(32-49(58-56)46-23-10-22-45-41-18-4-5-24-50(41)59-55(45)46)38-17-6-16-37(29-38)40-30-39-28-27-35-14-8-20-43-42-19-7-13-33-25-26-34-15-9-21-44(53(34)51(33)42)47(31-40)54(39)52(35)43/h1-32H. The Labute approximate surface area is 343 Å². The Balaban J connectivity index is 1.06. The van der Waals surface area contributed by atoms with E-state index in [2.05, 4.69) is 188 Å². The van der Waals surface area contributed by atoms with E-state index in [1.54, 1.807) is 0 Å². The fourth-order valence-corrected chi connectivity index (χ4v) is 10.9. The van der Waals surface area contributed by atoms with Gasteiger partial charge in [-0.2, -0.15) is 0 Å². The predicted molar refractivity (Wildman–Crippen MR) is 253 cm³/mol. The number of hydrogen-bond donors (Lipinski definition) is 0. The number of hydrogen-bond acceptors (Lipinski definition) is 3. The summed E-state index contributed by atoms with van der Waals surface area (Å²) in [4.78, 5) is 10.5. The molecule has 0 unspecified atom stereocenters. The number of nitrogens with zero attached hydrogens (tertiary/aromatic N) is 2. The van der Waals surface area contributed by atoms with Crippen molar-refractivity contribution in [1.82, 2.24) is 9.97 Å². The normalized spacial score (nSPS) is 12.1. The van der Waals surface area contributed by atoms with Crippen LogP contribution in [-0.2, 0) is 0 Å². The van der Waals surface area contributed by atoms with Crippen molar-refractivity contribution in [2.75, 3.05) is 0 Å². The van der Waals surface area contributed by atoms with Crippen molar-refractivity contribution < 1.29 is 0 Å². The van der Waals surface area contributed by atoms with Crippen molar-refractivity contribution >= 4 is 96.1 Å². The van der Waals surface area contributed by atoms with Crippen molar-refractivity contribution in [3.05, 3.63) is 194 Å². The number of aromatic nitrogens is 2. The van der Waals surface area contributed by atoms with E-state index in [9.17, 15) is 0 Å². The van der Waals surface area contributed by atoms with Crippen LogP contribution < -0.4 is 0 Å². The molecule has 3 heteroatoms. The molecule has 13 rings (SSSR count). The second-order valence-electron chi connectivity index (χ2n) is 15.7. The molecule has 0 aliphatic carbocycles. The van der Waals surface area contributed by atoms with Crippen molar-refractivity contribution in [1.29, 1.82) is 0 Å². The van der Waals surface area contributed by atoms with E-state index in [1.165, 1.54) is 90.4 Å². The first-order valence-electron chi connectivity index (χ1n) is 20.1. The molecule has 11 aromatic carbocycles. The molecule has 0 saturated heterocycles. The lowest BCUT2D eigenvalue weighted by atomic mass is 9.86. The van der Waals surface area contributed by atoms with Gasteiger partial charge >= 0.3 is 0 Å². The molecular weight excluding hydrogens is 733 g/mol. The molecule has 2 nitrogen and oxygen atoms in total. The quantitative estimate of drug-likeness (QED) is 0.167. The zero-order chi connectivity index (χ0) is 38.6. The van der Waals surface area contributed by atoms with Crippen LogP contribution in [0.2, 0.25) is 0 Å². The number of fused-ring (bicyclic) bond motifs is 5. The summed E-state index contributed by atoms with van der Waals surface area (Å²) in [5, 5.41) is 17.9. The minimum absolute atomic E-state index is 0.717. The molecule has 0 N–H and O–H groups in total. The maximum absolute atomic E-state index is 5.27. The smallest absolute Gasteiger partial charge is 0.160 e. The molecule has 0 atom stereocenters. The minimum atomic E-state index is 0.717. The molecule has 0 amide bonds. The summed E-state index contributed by atoms with van der Waals surface area (Å²) < 4.78 is 2.52. The third-order valence-electron chi connectivity index (χ3n) is 12.4. The summed E-state index contributed by atoms with van der Waals surface area (Å²) in [5.74, 6) is 0.717. The van der Waals surface area contributed by atoms with Gasteiger partial charge in [-0.1, -0.05) is 164 Å². The van der Waals surface area contributed by atoms with Gasteiger partial charge < -0.3 is 0 Å². The van der Waals surface area contributed by atoms with Crippen LogP contribution in [0.1, 0.15) is 0 Å². The molecule has 2 aromatic heterocycles. The fraction of sp³-hybridized carbons (Fsp3) is 0. The van der Waals surface area contributed by atoms with Crippen molar-refractivity contribution in [2.24, 2.45) is 0 Å². The molecule has 13 aromatic rings. The Morgan fingerprint density at radius 3 is 1.59 bits per heavy atom. The van der Waals surface area contributed by atoms with Crippen molar-refractivity contribution in [2.45, 2.75) is 0 Å². The first-order valence-corrected chi connectivity index (χ1v) is 21.0. The highest BCUT2D eigenvalue weighted by atomic mass is 32.1. The van der Waals surface area contributed by atoms with Gasteiger partial charge in [0.2, 0.25) is 0 Å². The molecule has 2 heterocycles. The summed E-state index contributed by atoms with van der Waals surface area (Å²) >= 11 is 1.83. The van der Waals surface area contributed by atoms with E-state index >= 15 is 0 Å². The van der Waals surface area contributed by atoms with E-state index in [1.807, 2.05) is 17.4 Å². The lowest BCUT2D eigenvalue weighted by Gasteiger charge is -2.17. The first kappa shape index (κ1) is 32.6. The summed E-state index contributed by atoms with van der Waals surface area (Å²) in [6.45, 7) is 0. The summed E-state index contributed by atoms with van der Waals surface area (Å²) in [6.07, 6.45) is 0. The van der Waals surface area contributed by atoms with E-state index < -0.39 is 0 Å².